The van der Waals surface area contributed by atoms with E-state index in [9.17, 15) is 14.0 Å². The van der Waals surface area contributed by atoms with Crippen LogP contribution in [0, 0.1) is 5.82 Å². The lowest BCUT2D eigenvalue weighted by Crippen LogP contribution is -2.32. The van der Waals surface area contributed by atoms with Crippen LogP contribution in [-0.4, -0.2) is 53.3 Å². The average molecular weight is 604 g/mol. The first-order valence-corrected chi connectivity index (χ1v) is 14.5. The number of hydrogen-bond acceptors (Lipinski definition) is 7. The standard InChI is InChI=1S/C33H31ClFN3O5/c1-33(26-8-7-23(34)17-27(26)35)42-30-5-3-4-25(32(30)43-33)22(11-14-39)10-13-37(2)19-31-36-28-9-6-21(20-40)16-29(28)38(31)18-24-12-15-41-24/h3-9,11,14,16-17,20,24H,10,12-13,15,18-19H2,1-2H3/b22-11+/t24?,33-/m0/s1. The van der Waals surface area contributed by atoms with Gasteiger partial charge in [-0.25, -0.2) is 9.37 Å². The zero-order valence-corrected chi connectivity index (χ0v) is 24.6. The van der Waals surface area contributed by atoms with Crippen molar-refractivity contribution in [2.24, 2.45) is 0 Å². The van der Waals surface area contributed by atoms with Crippen LogP contribution in [0.5, 0.6) is 11.5 Å². The van der Waals surface area contributed by atoms with Gasteiger partial charge in [0.05, 0.1) is 35.8 Å². The highest BCUT2D eigenvalue weighted by Crippen LogP contribution is 2.48. The van der Waals surface area contributed by atoms with Crippen molar-refractivity contribution < 1.29 is 28.2 Å². The third-order valence-corrected chi connectivity index (χ3v) is 8.19. The molecule has 8 nitrogen and oxygen atoms in total. The lowest BCUT2D eigenvalue weighted by molar-refractivity contribution is -0.104. The molecule has 2 atom stereocenters. The normalized spacial score (nSPS) is 19.6. The second-order valence-electron chi connectivity index (χ2n) is 11.0. The van der Waals surface area contributed by atoms with E-state index in [1.165, 1.54) is 12.1 Å². The van der Waals surface area contributed by atoms with Crippen molar-refractivity contribution in [3.63, 3.8) is 0 Å². The Hall–Kier alpha value is -4.05. The Balaban J connectivity index is 1.21. The summed E-state index contributed by atoms with van der Waals surface area (Å²) in [6.45, 7) is 4.23. The molecule has 0 amide bonds. The summed E-state index contributed by atoms with van der Waals surface area (Å²) in [4.78, 5) is 30.1. The fourth-order valence-electron chi connectivity index (χ4n) is 5.59. The van der Waals surface area contributed by atoms with Crippen molar-refractivity contribution in [1.82, 2.24) is 14.5 Å². The topological polar surface area (TPSA) is 82.9 Å². The number of aldehydes is 2. The Morgan fingerprint density at radius 1 is 1.19 bits per heavy atom. The molecule has 1 saturated heterocycles. The summed E-state index contributed by atoms with van der Waals surface area (Å²) < 4.78 is 35.0. The van der Waals surface area contributed by atoms with Crippen LogP contribution in [0.25, 0.3) is 16.6 Å². The van der Waals surface area contributed by atoms with Crippen LogP contribution in [0.2, 0.25) is 5.02 Å². The second kappa shape index (κ2) is 11.9. The van der Waals surface area contributed by atoms with Gasteiger partial charge < -0.3 is 18.8 Å². The van der Waals surface area contributed by atoms with Crippen LogP contribution in [-0.2, 0) is 28.4 Å². The number of halogens is 2. The minimum absolute atomic E-state index is 0.123. The molecule has 43 heavy (non-hydrogen) atoms. The Labute approximate surface area is 253 Å². The average Bonchev–Trinajstić information content (AvgIpc) is 3.48. The molecule has 0 aliphatic carbocycles. The van der Waals surface area contributed by atoms with E-state index in [-0.39, 0.29) is 16.7 Å². The van der Waals surface area contributed by atoms with Gasteiger partial charge in [0.15, 0.2) is 11.5 Å². The third kappa shape index (κ3) is 5.80. The van der Waals surface area contributed by atoms with Crippen LogP contribution in [0.4, 0.5) is 4.39 Å². The molecule has 4 aromatic rings. The summed E-state index contributed by atoms with van der Waals surface area (Å²) in [6.07, 6.45) is 4.76. The molecule has 2 aliphatic heterocycles. The van der Waals surface area contributed by atoms with Gasteiger partial charge in [0, 0.05) is 36.2 Å². The molecule has 0 saturated carbocycles. The molecule has 1 fully saturated rings. The number of carbonyl (C=O) groups is 2. The highest BCUT2D eigenvalue weighted by atomic mass is 35.5. The fraction of sp³-hybridized carbons (Fsp3) is 0.303. The molecule has 1 unspecified atom stereocenters. The molecule has 0 N–H and O–H groups in total. The van der Waals surface area contributed by atoms with Crippen LogP contribution in [0.1, 0.15) is 47.1 Å². The molecule has 1 aromatic heterocycles. The first-order chi connectivity index (χ1) is 20.8. The van der Waals surface area contributed by atoms with Gasteiger partial charge in [-0.05, 0) is 74.0 Å². The molecule has 3 aromatic carbocycles. The molecule has 0 bridgehead atoms. The number of fused-ring (bicyclic) bond motifs is 2. The van der Waals surface area contributed by atoms with E-state index in [4.69, 9.17) is 30.8 Å². The van der Waals surface area contributed by atoms with E-state index >= 15 is 0 Å². The maximum atomic E-state index is 14.8. The molecule has 6 rings (SSSR count). The van der Waals surface area contributed by atoms with Crippen LogP contribution in [0.3, 0.4) is 0 Å². The molecule has 3 heterocycles. The van der Waals surface area contributed by atoms with Crippen LogP contribution < -0.4 is 9.47 Å². The van der Waals surface area contributed by atoms with Crippen molar-refractivity contribution in [3.05, 3.63) is 94.0 Å². The maximum Gasteiger partial charge on any atom is 0.278 e. The van der Waals surface area contributed by atoms with Crippen molar-refractivity contribution >= 4 is 40.8 Å². The quantitative estimate of drug-likeness (QED) is 0.150. The van der Waals surface area contributed by atoms with Gasteiger partial charge in [0.1, 0.15) is 24.2 Å². The van der Waals surface area contributed by atoms with E-state index in [0.29, 0.717) is 48.7 Å². The fourth-order valence-corrected chi connectivity index (χ4v) is 5.75. The second-order valence-corrected chi connectivity index (χ2v) is 11.4. The van der Waals surface area contributed by atoms with Crippen molar-refractivity contribution in [1.29, 1.82) is 0 Å². The van der Waals surface area contributed by atoms with Gasteiger partial charge in [-0.3, -0.25) is 14.5 Å². The summed E-state index contributed by atoms with van der Waals surface area (Å²) >= 11 is 5.95. The summed E-state index contributed by atoms with van der Waals surface area (Å²) in [6, 6.07) is 15.3. The van der Waals surface area contributed by atoms with Crippen molar-refractivity contribution in [2.75, 3.05) is 20.2 Å². The Morgan fingerprint density at radius 3 is 2.74 bits per heavy atom. The zero-order chi connectivity index (χ0) is 30.1. The summed E-state index contributed by atoms with van der Waals surface area (Å²) in [5, 5.41) is 0.277. The molecule has 2 aliphatic rings. The first-order valence-electron chi connectivity index (χ1n) is 14.1. The number of ether oxygens (including phenoxy) is 3. The summed E-state index contributed by atoms with van der Waals surface area (Å²) in [5.41, 5.74) is 4.01. The Bertz CT molecular complexity index is 1730. The van der Waals surface area contributed by atoms with Crippen LogP contribution in [0.15, 0.2) is 60.7 Å². The van der Waals surface area contributed by atoms with Gasteiger partial charge in [-0.2, -0.15) is 0 Å². The van der Waals surface area contributed by atoms with Gasteiger partial charge >= 0.3 is 0 Å². The van der Waals surface area contributed by atoms with E-state index in [2.05, 4.69) is 9.47 Å². The molecule has 0 radical (unpaired) electrons. The third-order valence-electron chi connectivity index (χ3n) is 7.96. The summed E-state index contributed by atoms with van der Waals surface area (Å²) in [5.74, 6) is -0.158. The SMILES string of the molecule is CN(CC/C(=C\C=O)c1cccc2c1O[C@@](C)(c1ccc(Cl)cc1F)O2)Cc1nc2ccc(C=O)cc2n1CC1CCO1. The number of nitrogens with zero attached hydrogens (tertiary/aromatic N) is 3. The predicted molar refractivity (Wildman–Crippen MR) is 161 cm³/mol. The van der Waals surface area contributed by atoms with Crippen LogP contribution >= 0.6 is 11.6 Å². The van der Waals surface area contributed by atoms with E-state index in [0.717, 1.165) is 48.0 Å². The van der Waals surface area contributed by atoms with E-state index in [1.807, 2.05) is 31.3 Å². The molecular formula is C33H31ClFN3O5. The zero-order valence-electron chi connectivity index (χ0n) is 23.9. The number of imidazole rings is 1. The lowest BCUT2D eigenvalue weighted by atomic mass is 10.0. The van der Waals surface area contributed by atoms with Gasteiger partial charge in [-0.1, -0.05) is 23.7 Å². The molecule has 222 valence electrons. The largest absolute Gasteiger partial charge is 0.444 e. The van der Waals surface area contributed by atoms with Crippen molar-refractivity contribution in [3.8, 4) is 11.5 Å². The monoisotopic (exact) mass is 603 g/mol. The Kier molecular flexibility index (Phi) is 8.05. The summed E-state index contributed by atoms with van der Waals surface area (Å²) in [7, 11) is 1.99. The number of benzene rings is 3. The number of aromatic nitrogens is 2. The first kappa shape index (κ1) is 29.0. The number of allylic oxidation sites excluding steroid dienone is 1. The van der Waals surface area contributed by atoms with Gasteiger partial charge in [-0.15, -0.1) is 0 Å². The number of para-hydroxylation sites is 1. The minimum Gasteiger partial charge on any atom is -0.444 e. The number of hydrogen-bond donors (Lipinski definition) is 0. The predicted octanol–water partition coefficient (Wildman–Crippen LogP) is 6.18. The van der Waals surface area contributed by atoms with E-state index in [1.54, 1.807) is 31.2 Å². The minimum atomic E-state index is -1.40. The highest BCUT2D eigenvalue weighted by molar-refractivity contribution is 6.30. The van der Waals surface area contributed by atoms with E-state index < -0.39 is 11.6 Å². The molecule has 10 heteroatoms. The smallest absolute Gasteiger partial charge is 0.278 e. The van der Waals surface area contributed by atoms with Gasteiger partial charge in [0.25, 0.3) is 5.79 Å². The number of rotatable bonds is 11. The maximum absolute atomic E-state index is 14.8. The van der Waals surface area contributed by atoms with Crippen molar-refractivity contribution in [2.45, 2.75) is 44.7 Å². The lowest BCUT2D eigenvalue weighted by Gasteiger charge is -2.28. The highest BCUT2D eigenvalue weighted by Gasteiger charge is 2.42. The van der Waals surface area contributed by atoms with Gasteiger partial charge in [0.2, 0.25) is 0 Å². The molecule has 0 spiro atoms. The number of carbonyl (C=O) groups excluding carboxylic acids is 2. The molecular weight excluding hydrogens is 573 g/mol. The Morgan fingerprint density at radius 2 is 2.02 bits per heavy atom.